The molecule has 2 aromatic rings. The number of hydrogen-bond acceptors (Lipinski definition) is 4. The number of hydrogen-bond donors (Lipinski definition) is 2. The summed E-state index contributed by atoms with van der Waals surface area (Å²) in [7, 11) is -3.58. The third kappa shape index (κ3) is 5.33. The predicted octanol–water partition coefficient (Wildman–Crippen LogP) is 1.05. The van der Waals surface area contributed by atoms with Gasteiger partial charge in [0.1, 0.15) is 0 Å². The summed E-state index contributed by atoms with van der Waals surface area (Å²) in [4.78, 5) is 15.8. The molecule has 0 saturated heterocycles. The van der Waals surface area contributed by atoms with Crippen molar-refractivity contribution in [2.75, 3.05) is 5.32 Å². The van der Waals surface area contributed by atoms with Gasteiger partial charge in [-0.1, -0.05) is 24.3 Å². The third-order valence-electron chi connectivity index (χ3n) is 2.67. The molecule has 3 N–H and O–H groups in total. The Labute approximate surface area is 123 Å². The van der Waals surface area contributed by atoms with Crippen LogP contribution in [0.25, 0.3) is 0 Å². The Morgan fingerprint density at radius 2 is 1.95 bits per heavy atom. The number of benzene rings is 1. The second kappa shape index (κ2) is 6.47. The van der Waals surface area contributed by atoms with Gasteiger partial charge < -0.3 is 5.32 Å². The van der Waals surface area contributed by atoms with Gasteiger partial charge in [-0.3, -0.25) is 9.78 Å². The molecule has 0 saturated carbocycles. The van der Waals surface area contributed by atoms with Crippen LogP contribution >= 0.6 is 0 Å². The van der Waals surface area contributed by atoms with Gasteiger partial charge in [0.05, 0.1) is 24.1 Å². The number of nitrogens with one attached hydrogen (secondary N) is 1. The smallest absolute Gasteiger partial charge is 0.228 e. The lowest BCUT2D eigenvalue weighted by Gasteiger charge is -2.06. The van der Waals surface area contributed by atoms with Crippen molar-refractivity contribution >= 4 is 21.6 Å². The van der Waals surface area contributed by atoms with Crippen LogP contribution in [0.15, 0.2) is 48.8 Å². The van der Waals surface area contributed by atoms with Gasteiger partial charge in [0.2, 0.25) is 15.9 Å². The van der Waals surface area contributed by atoms with Crippen LogP contribution in [-0.2, 0) is 27.0 Å². The summed E-state index contributed by atoms with van der Waals surface area (Å²) in [6.45, 7) is 0. The van der Waals surface area contributed by atoms with Gasteiger partial charge in [-0.25, -0.2) is 13.6 Å². The highest BCUT2D eigenvalue weighted by Crippen LogP contribution is 2.10. The molecule has 1 aromatic heterocycles. The summed E-state index contributed by atoms with van der Waals surface area (Å²) in [5.74, 6) is -0.443. The van der Waals surface area contributed by atoms with E-state index in [-0.39, 0.29) is 18.1 Å². The van der Waals surface area contributed by atoms with E-state index in [1.54, 1.807) is 48.8 Å². The minimum Gasteiger partial charge on any atom is -0.324 e. The summed E-state index contributed by atoms with van der Waals surface area (Å²) in [5.41, 5.74) is 1.89. The average molecular weight is 305 g/mol. The first-order valence-corrected chi connectivity index (χ1v) is 7.92. The molecule has 21 heavy (non-hydrogen) atoms. The monoisotopic (exact) mass is 305 g/mol. The van der Waals surface area contributed by atoms with E-state index < -0.39 is 10.0 Å². The second-order valence-corrected chi connectivity index (χ2v) is 6.21. The Balaban J connectivity index is 2.02. The van der Waals surface area contributed by atoms with E-state index in [9.17, 15) is 13.2 Å². The molecule has 1 amide bonds. The quantitative estimate of drug-likeness (QED) is 0.862. The van der Waals surface area contributed by atoms with Gasteiger partial charge in [-0.05, 0) is 23.3 Å². The van der Waals surface area contributed by atoms with Gasteiger partial charge in [0.15, 0.2) is 0 Å². The molecule has 0 radical (unpaired) electrons. The van der Waals surface area contributed by atoms with Crippen molar-refractivity contribution in [3.05, 3.63) is 59.9 Å². The highest BCUT2D eigenvalue weighted by atomic mass is 32.2. The predicted molar refractivity (Wildman–Crippen MR) is 79.8 cm³/mol. The first kappa shape index (κ1) is 15.1. The number of nitrogens with zero attached hydrogens (tertiary/aromatic N) is 1. The fourth-order valence-electron chi connectivity index (χ4n) is 1.89. The number of carbonyl (C=O) groups excluding carboxylic acids is 1. The molecule has 0 unspecified atom stereocenters. The third-order valence-corrected chi connectivity index (χ3v) is 3.40. The minimum absolute atomic E-state index is 0.146. The first-order valence-electron chi connectivity index (χ1n) is 6.20. The summed E-state index contributed by atoms with van der Waals surface area (Å²) >= 11 is 0. The number of rotatable bonds is 5. The zero-order valence-corrected chi connectivity index (χ0v) is 12.0. The largest absolute Gasteiger partial charge is 0.324 e. The molecule has 0 bridgehead atoms. The van der Waals surface area contributed by atoms with Gasteiger partial charge >= 0.3 is 0 Å². The molecule has 0 aliphatic rings. The Morgan fingerprint density at radius 3 is 2.62 bits per heavy atom. The molecule has 0 spiro atoms. The number of nitrogens with two attached hydrogens (primary N) is 1. The van der Waals surface area contributed by atoms with Crippen molar-refractivity contribution in [1.82, 2.24) is 4.98 Å². The van der Waals surface area contributed by atoms with Crippen LogP contribution in [0.3, 0.4) is 0 Å². The van der Waals surface area contributed by atoms with Gasteiger partial charge in [0, 0.05) is 6.20 Å². The molecular weight excluding hydrogens is 290 g/mol. The fourth-order valence-corrected chi connectivity index (χ4v) is 2.53. The zero-order chi connectivity index (χ0) is 15.3. The molecule has 2 rings (SSSR count). The molecule has 1 aromatic carbocycles. The molecule has 7 heteroatoms. The molecule has 6 nitrogen and oxygen atoms in total. The summed E-state index contributed by atoms with van der Waals surface area (Å²) < 4.78 is 22.1. The summed E-state index contributed by atoms with van der Waals surface area (Å²) in [5, 5.41) is 7.72. The van der Waals surface area contributed by atoms with Crippen molar-refractivity contribution in [3.8, 4) is 0 Å². The number of amides is 1. The van der Waals surface area contributed by atoms with Crippen LogP contribution in [0.5, 0.6) is 0 Å². The standard InChI is InChI=1S/C14H15N3O3S/c15-21(19,20)10-12-4-1-3-11(7-12)8-14(18)17-13-5-2-6-16-9-13/h1-7,9H,8,10H2,(H,17,18)(H2,15,19,20). The Hall–Kier alpha value is -2.25. The maximum Gasteiger partial charge on any atom is 0.228 e. The molecule has 0 aliphatic heterocycles. The van der Waals surface area contributed by atoms with Crippen molar-refractivity contribution < 1.29 is 13.2 Å². The van der Waals surface area contributed by atoms with Crippen molar-refractivity contribution in [2.24, 2.45) is 5.14 Å². The molecule has 0 aliphatic carbocycles. The van der Waals surface area contributed by atoms with Gasteiger partial charge in [-0.15, -0.1) is 0 Å². The van der Waals surface area contributed by atoms with Gasteiger partial charge in [0.25, 0.3) is 0 Å². The maximum absolute atomic E-state index is 11.9. The van der Waals surface area contributed by atoms with Crippen molar-refractivity contribution in [1.29, 1.82) is 0 Å². The second-order valence-electron chi connectivity index (χ2n) is 4.59. The van der Waals surface area contributed by atoms with E-state index >= 15 is 0 Å². The van der Waals surface area contributed by atoms with Crippen molar-refractivity contribution in [3.63, 3.8) is 0 Å². The van der Waals surface area contributed by atoms with Crippen LogP contribution in [0, 0.1) is 0 Å². The summed E-state index contributed by atoms with van der Waals surface area (Å²) in [6.07, 6.45) is 3.31. The maximum atomic E-state index is 11.9. The normalized spacial score (nSPS) is 11.1. The zero-order valence-electron chi connectivity index (χ0n) is 11.2. The first-order chi connectivity index (χ1) is 9.92. The molecular formula is C14H15N3O3S. The number of primary sulfonamides is 1. The van der Waals surface area contributed by atoms with Crippen LogP contribution in [0.4, 0.5) is 5.69 Å². The van der Waals surface area contributed by atoms with Crippen LogP contribution in [-0.4, -0.2) is 19.3 Å². The Morgan fingerprint density at radius 1 is 1.19 bits per heavy atom. The van der Waals surface area contributed by atoms with E-state index in [0.717, 1.165) is 5.56 Å². The Kier molecular flexibility index (Phi) is 4.66. The number of sulfonamides is 1. The molecule has 0 fully saturated rings. The summed E-state index contributed by atoms with van der Waals surface area (Å²) in [6, 6.07) is 10.2. The lowest BCUT2D eigenvalue weighted by Crippen LogP contribution is -2.16. The minimum atomic E-state index is -3.58. The SMILES string of the molecule is NS(=O)(=O)Cc1cccc(CC(=O)Nc2cccnc2)c1. The van der Waals surface area contributed by atoms with Crippen LogP contribution in [0.2, 0.25) is 0 Å². The topological polar surface area (TPSA) is 102 Å². The molecule has 1 heterocycles. The van der Waals surface area contributed by atoms with E-state index in [1.807, 2.05) is 0 Å². The molecule has 0 atom stereocenters. The van der Waals surface area contributed by atoms with E-state index in [0.29, 0.717) is 11.3 Å². The fraction of sp³-hybridized carbons (Fsp3) is 0.143. The van der Waals surface area contributed by atoms with Gasteiger partial charge in [-0.2, -0.15) is 0 Å². The molecule has 110 valence electrons. The number of anilines is 1. The van der Waals surface area contributed by atoms with E-state index in [2.05, 4.69) is 10.3 Å². The van der Waals surface area contributed by atoms with E-state index in [4.69, 9.17) is 5.14 Å². The number of aromatic nitrogens is 1. The van der Waals surface area contributed by atoms with Crippen LogP contribution in [0.1, 0.15) is 11.1 Å². The number of pyridine rings is 1. The highest BCUT2D eigenvalue weighted by Gasteiger charge is 2.08. The lowest BCUT2D eigenvalue weighted by atomic mass is 10.1. The Bertz CT molecular complexity index is 730. The number of carbonyl (C=O) groups is 1. The van der Waals surface area contributed by atoms with Crippen LogP contribution < -0.4 is 10.5 Å². The van der Waals surface area contributed by atoms with Crippen molar-refractivity contribution in [2.45, 2.75) is 12.2 Å². The van der Waals surface area contributed by atoms with E-state index in [1.165, 1.54) is 0 Å². The highest BCUT2D eigenvalue weighted by molar-refractivity contribution is 7.88. The lowest BCUT2D eigenvalue weighted by molar-refractivity contribution is -0.115. The average Bonchev–Trinajstić information content (AvgIpc) is 2.38.